The van der Waals surface area contributed by atoms with E-state index in [4.69, 9.17) is 0 Å². The Bertz CT molecular complexity index is 1060. The van der Waals surface area contributed by atoms with Gasteiger partial charge in [0.15, 0.2) is 0 Å². The lowest BCUT2D eigenvalue weighted by atomic mass is 10.1. The van der Waals surface area contributed by atoms with E-state index in [-0.39, 0.29) is 11.6 Å². The third-order valence-corrected chi connectivity index (χ3v) is 6.00. The molecule has 0 radical (unpaired) electrons. The maximum Gasteiger partial charge on any atom is 0.323 e. The second-order valence-electron chi connectivity index (χ2n) is 8.45. The van der Waals surface area contributed by atoms with Crippen molar-refractivity contribution in [1.29, 1.82) is 0 Å². The molecule has 0 bridgehead atoms. The highest BCUT2D eigenvalue weighted by Gasteiger charge is 2.13. The second-order valence-corrected chi connectivity index (χ2v) is 8.45. The molecule has 164 valence electrons. The van der Waals surface area contributed by atoms with Crippen LogP contribution in [0.2, 0.25) is 0 Å². The van der Waals surface area contributed by atoms with Gasteiger partial charge in [-0.25, -0.2) is 4.79 Å². The first kappa shape index (κ1) is 21.3. The summed E-state index contributed by atoms with van der Waals surface area (Å²) in [5.41, 5.74) is 4.67. The van der Waals surface area contributed by atoms with Gasteiger partial charge < -0.3 is 25.1 Å². The Kier molecular flexibility index (Phi) is 6.84. The Hall–Kier alpha value is -2.90. The van der Waals surface area contributed by atoms with Crippen LogP contribution in [0.15, 0.2) is 47.3 Å². The standard InChI is InChI=1S/C24H31N5O2/c1-28-13-15-29(16-14-28)12-11-18-5-8-20(9-6-18)25-23(30)4-2-3-19-7-10-21-22(17-19)27-24(31)26-21/h5-10,17H,2-4,11-16H2,1H3,(H,25,30)(H2,26,27,31). The predicted molar refractivity (Wildman–Crippen MR) is 125 cm³/mol. The number of piperazine rings is 1. The molecule has 4 rings (SSSR count). The summed E-state index contributed by atoms with van der Waals surface area (Å²) in [7, 11) is 2.18. The van der Waals surface area contributed by atoms with E-state index in [2.05, 4.69) is 44.3 Å². The van der Waals surface area contributed by atoms with E-state index in [1.807, 2.05) is 30.3 Å². The lowest BCUT2D eigenvalue weighted by Crippen LogP contribution is -2.45. The first-order valence-corrected chi connectivity index (χ1v) is 11.1. The fourth-order valence-corrected chi connectivity index (χ4v) is 4.03. The lowest BCUT2D eigenvalue weighted by molar-refractivity contribution is -0.116. The van der Waals surface area contributed by atoms with E-state index < -0.39 is 0 Å². The highest BCUT2D eigenvalue weighted by molar-refractivity contribution is 5.90. The fraction of sp³-hybridized carbons (Fsp3) is 0.417. The summed E-state index contributed by atoms with van der Waals surface area (Å²) in [5.74, 6) is 0.0290. The molecule has 3 N–H and O–H groups in total. The molecule has 0 saturated carbocycles. The van der Waals surface area contributed by atoms with Gasteiger partial charge in [-0.15, -0.1) is 0 Å². The summed E-state index contributed by atoms with van der Waals surface area (Å²) in [6.45, 7) is 5.65. The van der Waals surface area contributed by atoms with E-state index in [0.29, 0.717) is 6.42 Å². The number of fused-ring (bicyclic) bond motifs is 1. The summed E-state index contributed by atoms with van der Waals surface area (Å²) in [4.78, 5) is 34.0. The van der Waals surface area contributed by atoms with Crippen LogP contribution in [0.3, 0.4) is 0 Å². The van der Waals surface area contributed by atoms with Gasteiger partial charge in [-0.1, -0.05) is 18.2 Å². The predicted octanol–water partition coefficient (Wildman–Crippen LogP) is 2.61. The highest BCUT2D eigenvalue weighted by atomic mass is 16.1. The van der Waals surface area contributed by atoms with Crippen molar-refractivity contribution in [2.45, 2.75) is 25.7 Å². The largest absolute Gasteiger partial charge is 0.326 e. The average molecular weight is 422 g/mol. The molecule has 1 aliphatic heterocycles. The molecule has 7 nitrogen and oxygen atoms in total. The molecule has 1 fully saturated rings. The van der Waals surface area contributed by atoms with Crippen molar-refractivity contribution < 1.29 is 4.79 Å². The number of nitrogens with zero attached hydrogens (tertiary/aromatic N) is 2. The van der Waals surface area contributed by atoms with Crippen LogP contribution >= 0.6 is 0 Å². The van der Waals surface area contributed by atoms with Gasteiger partial charge in [0.25, 0.3) is 0 Å². The monoisotopic (exact) mass is 421 g/mol. The second kappa shape index (κ2) is 9.94. The zero-order valence-corrected chi connectivity index (χ0v) is 18.1. The summed E-state index contributed by atoms with van der Waals surface area (Å²) in [5, 5.41) is 2.99. The number of rotatable bonds is 8. The molecule has 1 aromatic heterocycles. The number of aromatic amines is 2. The van der Waals surface area contributed by atoms with Crippen molar-refractivity contribution in [3.63, 3.8) is 0 Å². The molecule has 2 heterocycles. The third-order valence-electron chi connectivity index (χ3n) is 6.00. The third kappa shape index (κ3) is 6.06. The average Bonchev–Trinajstić information content (AvgIpc) is 3.14. The van der Waals surface area contributed by atoms with Gasteiger partial charge in [-0.3, -0.25) is 4.79 Å². The van der Waals surface area contributed by atoms with Gasteiger partial charge in [-0.2, -0.15) is 0 Å². The van der Waals surface area contributed by atoms with Gasteiger partial charge >= 0.3 is 5.69 Å². The number of nitrogens with one attached hydrogen (secondary N) is 3. The lowest BCUT2D eigenvalue weighted by Gasteiger charge is -2.32. The normalized spacial score (nSPS) is 15.4. The van der Waals surface area contributed by atoms with Crippen LogP contribution in [0.1, 0.15) is 24.0 Å². The number of imidazole rings is 1. The Labute approximate surface area is 182 Å². The number of likely N-dealkylation sites (N-methyl/N-ethyl adjacent to an activating group) is 1. The van der Waals surface area contributed by atoms with E-state index in [9.17, 15) is 9.59 Å². The molecule has 0 aliphatic carbocycles. The summed E-state index contributed by atoms with van der Waals surface area (Å²) in [6.07, 6.45) is 3.05. The molecular formula is C24H31N5O2. The molecule has 31 heavy (non-hydrogen) atoms. The number of carbonyl (C=O) groups excluding carboxylic acids is 1. The van der Waals surface area contributed by atoms with E-state index in [1.165, 1.54) is 5.56 Å². The van der Waals surface area contributed by atoms with Gasteiger partial charge in [-0.05, 0) is 61.7 Å². The molecule has 1 saturated heterocycles. The molecule has 1 amide bonds. The molecule has 7 heteroatoms. The first-order valence-electron chi connectivity index (χ1n) is 11.1. The smallest absolute Gasteiger partial charge is 0.323 e. The minimum Gasteiger partial charge on any atom is -0.326 e. The number of hydrogen-bond acceptors (Lipinski definition) is 4. The minimum absolute atomic E-state index is 0.0290. The molecule has 2 aromatic carbocycles. The zero-order valence-electron chi connectivity index (χ0n) is 18.1. The Morgan fingerprint density at radius 2 is 1.65 bits per heavy atom. The van der Waals surface area contributed by atoms with Crippen molar-refractivity contribution in [2.24, 2.45) is 0 Å². The zero-order chi connectivity index (χ0) is 21.6. The summed E-state index contributed by atoms with van der Waals surface area (Å²) in [6, 6.07) is 14.1. The highest BCUT2D eigenvalue weighted by Crippen LogP contribution is 2.14. The minimum atomic E-state index is -0.197. The van der Waals surface area contributed by atoms with E-state index in [0.717, 1.165) is 74.3 Å². The number of H-pyrrole nitrogens is 2. The van der Waals surface area contributed by atoms with Gasteiger partial charge in [0.05, 0.1) is 11.0 Å². The molecule has 0 spiro atoms. The van der Waals surface area contributed by atoms with Crippen LogP contribution in [-0.2, 0) is 17.6 Å². The van der Waals surface area contributed by atoms with Gasteiger partial charge in [0, 0.05) is 44.8 Å². The summed E-state index contributed by atoms with van der Waals surface area (Å²) >= 11 is 0. The van der Waals surface area contributed by atoms with E-state index in [1.54, 1.807) is 0 Å². The van der Waals surface area contributed by atoms with Crippen molar-refractivity contribution in [3.8, 4) is 0 Å². The van der Waals surface area contributed by atoms with Gasteiger partial charge in [0.1, 0.15) is 0 Å². The van der Waals surface area contributed by atoms with Crippen LogP contribution < -0.4 is 11.0 Å². The number of anilines is 1. The Morgan fingerprint density at radius 1 is 0.935 bits per heavy atom. The van der Waals surface area contributed by atoms with Crippen LogP contribution in [0, 0.1) is 0 Å². The molecule has 1 aliphatic rings. The molecule has 3 aromatic rings. The number of aromatic nitrogens is 2. The fourth-order valence-electron chi connectivity index (χ4n) is 4.03. The maximum atomic E-state index is 12.3. The Balaban J connectivity index is 1.18. The van der Waals surface area contributed by atoms with Crippen molar-refractivity contribution in [2.75, 3.05) is 45.1 Å². The van der Waals surface area contributed by atoms with Crippen LogP contribution in [0.25, 0.3) is 11.0 Å². The molecule has 0 unspecified atom stereocenters. The maximum absolute atomic E-state index is 12.3. The Morgan fingerprint density at radius 3 is 2.42 bits per heavy atom. The SMILES string of the molecule is CN1CCN(CCc2ccc(NC(=O)CCCc3ccc4[nH]c(=O)[nH]c4c3)cc2)CC1. The number of carbonyl (C=O) groups is 1. The van der Waals surface area contributed by atoms with Crippen LogP contribution in [0.5, 0.6) is 0 Å². The van der Waals surface area contributed by atoms with Crippen molar-refractivity contribution in [1.82, 2.24) is 19.8 Å². The summed E-state index contributed by atoms with van der Waals surface area (Å²) < 4.78 is 0. The number of amides is 1. The van der Waals surface area contributed by atoms with Crippen molar-refractivity contribution >= 4 is 22.6 Å². The quantitative estimate of drug-likeness (QED) is 0.522. The van der Waals surface area contributed by atoms with Gasteiger partial charge in [0.2, 0.25) is 5.91 Å². The van der Waals surface area contributed by atoms with Crippen molar-refractivity contribution in [3.05, 3.63) is 64.1 Å². The first-order chi connectivity index (χ1) is 15.0. The number of benzene rings is 2. The topological polar surface area (TPSA) is 84.2 Å². The molecular weight excluding hydrogens is 390 g/mol. The van der Waals surface area contributed by atoms with Crippen LogP contribution in [-0.4, -0.2) is 65.4 Å². The number of hydrogen-bond donors (Lipinski definition) is 3. The van der Waals surface area contributed by atoms with Crippen LogP contribution in [0.4, 0.5) is 5.69 Å². The molecule has 0 atom stereocenters. The number of aryl methyl sites for hydroxylation is 1. The van der Waals surface area contributed by atoms with E-state index >= 15 is 0 Å².